The second-order valence-corrected chi connectivity index (χ2v) is 6.02. The van der Waals surface area contributed by atoms with Gasteiger partial charge < -0.3 is 5.32 Å². The van der Waals surface area contributed by atoms with Crippen molar-refractivity contribution in [2.75, 3.05) is 0 Å². The van der Waals surface area contributed by atoms with Gasteiger partial charge in [-0.05, 0) is 44.2 Å². The van der Waals surface area contributed by atoms with Gasteiger partial charge in [0.15, 0.2) is 0 Å². The lowest BCUT2D eigenvalue weighted by atomic mass is 9.80. The average molecular weight is 257 g/mol. The molecule has 1 aliphatic rings. The van der Waals surface area contributed by atoms with Gasteiger partial charge in [0, 0.05) is 11.1 Å². The highest BCUT2D eigenvalue weighted by atomic mass is 16.1. The summed E-state index contributed by atoms with van der Waals surface area (Å²) < 4.78 is 0. The SMILES string of the molecule is CC(C)C1=CCC(C)(NC(=O)c2ccccc2)CC1. The third kappa shape index (κ3) is 3.46. The lowest BCUT2D eigenvalue weighted by molar-refractivity contribution is 0.0899. The van der Waals surface area contributed by atoms with Crippen molar-refractivity contribution < 1.29 is 4.79 Å². The van der Waals surface area contributed by atoms with E-state index in [9.17, 15) is 4.79 Å². The van der Waals surface area contributed by atoms with E-state index in [4.69, 9.17) is 0 Å². The fourth-order valence-corrected chi connectivity index (χ4v) is 2.55. The smallest absolute Gasteiger partial charge is 0.251 e. The van der Waals surface area contributed by atoms with Crippen LogP contribution in [0.1, 0.15) is 50.4 Å². The van der Waals surface area contributed by atoms with Gasteiger partial charge in [0.1, 0.15) is 0 Å². The number of carbonyl (C=O) groups is 1. The predicted octanol–water partition coefficient (Wildman–Crippen LogP) is 3.94. The maximum absolute atomic E-state index is 12.2. The zero-order chi connectivity index (χ0) is 13.9. The highest BCUT2D eigenvalue weighted by Crippen LogP contribution is 2.30. The van der Waals surface area contributed by atoms with Gasteiger partial charge in [0.2, 0.25) is 0 Å². The van der Waals surface area contributed by atoms with E-state index in [2.05, 4.69) is 32.2 Å². The lowest BCUT2D eigenvalue weighted by Crippen LogP contribution is -2.46. The van der Waals surface area contributed by atoms with E-state index >= 15 is 0 Å². The van der Waals surface area contributed by atoms with Crippen molar-refractivity contribution in [3.05, 3.63) is 47.5 Å². The summed E-state index contributed by atoms with van der Waals surface area (Å²) in [7, 11) is 0. The first-order chi connectivity index (χ1) is 9.00. The Hall–Kier alpha value is -1.57. The number of rotatable bonds is 3. The van der Waals surface area contributed by atoms with Crippen LogP contribution in [0.5, 0.6) is 0 Å². The van der Waals surface area contributed by atoms with E-state index in [0.29, 0.717) is 5.92 Å². The molecule has 102 valence electrons. The molecule has 0 heterocycles. The Bertz CT molecular complexity index is 475. The van der Waals surface area contributed by atoms with E-state index in [1.54, 1.807) is 0 Å². The summed E-state index contributed by atoms with van der Waals surface area (Å²) in [5.41, 5.74) is 2.15. The van der Waals surface area contributed by atoms with Gasteiger partial charge in [-0.1, -0.05) is 43.7 Å². The first kappa shape index (κ1) is 13.9. The third-order valence-corrected chi connectivity index (χ3v) is 3.97. The monoisotopic (exact) mass is 257 g/mol. The molecule has 1 aliphatic carbocycles. The number of carbonyl (C=O) groups excluding carboxylic acids is 1. The maximum Gasteiger partial charge on any atom is 0.251 e. The van der Waals surface area contributed by atoms with Gasteiger partial charge in [-0.2, -0.15) is 0 Å². The maximum atomic E-state index is 12.2. The number of nitrogens with one attached hydrogen (secondary N) is 1. The predicted molar refractivity (Wildman–Crippen MR) is 79.1 cm³/mol. The number of benzene rings is 1. The molecule has 2 heteroatoms. The fraction of sp³-hybridized carbons (Fsp3) is 0.471. The van der Waals surface area contributed by atoms with Gasteiger partial charge in [0.25, 0.3) is 5.91 Å². The Morgan fingerprint density at radius 2 is 1.95 bits per heavy atom. The molecule has 2 rings (SSSR count). The number of hydrogen-bond donors (Lipinski definition) is 1. The summed E-state index contributed by atoms with van der Waals surface area (Å²) in [4.78, 5) is 12.2. The molecule has 1 amide bonds. The largest absolute Gasteiger partial charge is 0.347 e. The van der Waals surface area contributed by atoms with Gasteiger partial charge in [0.05, 0.1) is 0 Å². The van der Waals surface area contributed by atoms with Crippen LogP contribution in [0.3, 0.4) is 0 Å². The van der Waals surface area contributed by atoms with E-state index < -0.39 is 0 Å². The zero-order valence-electron chi connectivity index (χ0n) is 12.1. The Morgan fingerprint density at radius 1 is 1.26 bits per heavy atom. The molecule has 1 aromatic carbocycles. The number of amides is 1. The molecule has 19 heavy (non-hydrogen) atoms. The molecule has 1 atom stereocenters. The molecule has 0 spiro atoms. The third-order valence-electron chi connectivity index (χ3n) is 3.97. The van der Waals surface area contributed by atoms with Gasteiger partial charge in [-0.15, -0.1) is 0 Å². The van der Waals surface area contributed by atoms with Crippen molar-refractivity contribution >= 4 is 5.91 Å². The van der Waals surface area contributed by atoms with E-state index in [1.807, 2.05) is 30.3 Å². The van der Waals surface area contributed by atoms with Crippen LogP contribution in [0.4, 0.5) is 0 Å². The minimum absolute atomic E-state index is 0.0319. The topological polar surface area (TPSA) is 29.1 Å². The fourth-order valence-electron chi connectivity index (χ4n) is 2.55. The Labute approximate surface area is 115 Å². The number of allylic oxidation sites excluding steroid dienone is 1. The Kier molecular flexibility index (Phi) is 4.08. The molecule has 1 unspecified atom stereocenters. The summed E-state index contributed by atoms with van der Waals surface area (Å²) in [6.07, 6.45) is 5.34. The molecule has 0 fully saturated rings. The first-order valence-corrected chi connectivity index (χ1v) is 7.07. The van der Waals surface area contributed by atoms with Crippen molar-refractivity contribution in [3.8, 4) is 0 Å². The number of hydrogen-bond acceptors (Lipinski definition) is 1. The van der Waals surface area contributed by atoms with Crippen LogP contribution in [0.25, 0.3) is 0 Å². The van der Waals surface area contributed by atoms with Crippen LogP contribution >= 0.6 is 0 Å². The normalized spacial score (nSPS) is 23.1. The summed E-state index contributed by atoms with van der Waals surface area (Å²) in [6.45, 7) is 6.61. The van der Waals surface area contributed by atoms with Crippen LogP contribution in [-0.2, 0) is 0 Å². The molecular weight excluding hydrogens is 234 g/mol. The Balaban J connectivity index is 2.02. The summed E-state index contributed by atoms with van der Waals surface area (Å²) in [5, 5.41) is 3.19. The molecule has 1 aromatic rings. The van der Waals surface area contributed by atoms with Crippen LogP contribution < -0.4 is 5.32 Å². The van der Waals surface area contributed by atoms with Crippen molar-refractivity contribution in [2.45, 2.75) is 45.6 Å². The van der Waals surface area contributed by atoms with Gasteiger partial charge in [-0.25, -0.2) is 0 Å². The van der Waals surface area contributed by atoms with E-state index in [-0.39, 0.29) is 11.4 Å². The molecular formula is C17H23NO. The summed E-state index contributed by atoms with van der Waals surface area (Å²) >= 11 is 0. The van der Waals surface area contributed by atoms with Crippen molar-refractivity contribution in [1.29, 1.82) is 0 Å². The minimum Gasteiger partial charge on any atom is -0.347 e. The zero-order valence-corrected chi connectivity index (χ0v) is 12.1. The second-order valence-electron chi connectivity index (χ2n) is 6.02. The van der Waals surface area contributed by atoms with Gasteiger partial charge >= 0.3 is 0 Å². The molecule has 0 aromatic heterocycles. The lowest BCUT2D eigenvalue weighted by Gasteiger charge is -2.34. The van der Waals surface area contributed by atoms with Crippen molar-refractivity contribution in [1.82, 2.24) is 5.32 Å². The Morgan fingerprint density at radius 3 is 2.47 bits per heavy atom. The van der Waals surface area contributed by atoms with Crippen molar-refractivity contribution in [3.63, 3.8) is 0 Å². The highest BCUT2D eigenvalue weighted by molar-refractivity contribution is 5.94. The average Bonchev–Trinajstić information content (AvgIpc) is 2.40. The van der Waals surface area contributed by atoms with Crippen LogP contribution in [0.2, 0.25) is 0 Å². The van der Waals surface area contributed by atoms with Gasteiger partial charge in [-0.3, -0.25) is 4.79 Å². The molecule has 0 saturated carbocycles. The van der Waals surface area contributed by atoms with Crippen molar-refractivity contribution in [2.24, 2.45) is 5.92 Å². The van der Waals surface area contributed by atoms with Crippen LogP contribution in [0, 0.1) is 5.92 Å². The first-order valence-electron chi connectivity index (χ1n) is 7.07. The summed E-state index contributed by atoms with van der Waals surface area (Å²) in [6, 6.07) is 9.44. The van der Waals surface area contributed by atoms with E-state index in [1.165, 1.54) is 5.57 Å². The highest BCUT2D eigenvalue weighted by Gasteiger charge is 2.29. The molecule has 0 saturated heterocycles. The second kappa shape index (κ2) is 5.60. The molecule has 0 bridgehead atoms. The van der Waals surface area contributed by atoms with Crippen LogP contribution in [0.15, 0.2) is 42.0 Å². The standard InChI is InChI=1S/C17H23NO/c1-13(2)14-9-11-17(3,12-10-14)18-16(19)15-7-5-4-6-8-15/h4-9,13H,10-12H2,1-3H3,(H,18,19). The van der Waals surface area contributed by atoms with Crippen LogP contribution in [-0.4, -0.2) is 11.4 Å². The van der Waals surface area contributed by atoms with E-state index in [0.717, 1.165) is 24.8 Å². The molecule has 0 aliphatic heterocycles. The summed E-state index contributed by atoms with van der Waals surface area (Å²) in [5.74, 6) is 0.652. The molecule has 0 radical (unpaired) electrons. The molecule has 2 nitrogen and oxygen atoms in total. The molecule has 1 N–H and O–H groups in total. The minimum atomic E-state index is -0.106. The quantitative estimate of drug-likeness (QED) is 0.816.